The molecule has 0 aliphatic carbocycles. The van der Waals surface area contributed by atoms with Gasteiger partial charge in [-0.2, -0.15) is 8.42 Å². The third-order valence-corrected chi connectivity index (χ3v) is 10.8. The molecule has 2 unspecified atom stereocenters. The number of allylic oxidation sites excluding steroid dienone is 2. The van der Waals surface area contributed by atoms with Gasteiger partial charge in [0.1, 0.15) is 36.8 Å². The molecule has 0 saturated carbocycles. The monoisotopic (exact) mass is 807 g/mol. The number of hydrogen-bond donors (Lipinski definition) is 4. The van der Waals surface area contributed by atoms with Crippen molar-refractivity contribution in [2.24, 2.45) is 0 Å². The predicted molar refractivity (Wildman–Crippen MR) is 215 cm³/mol. The number of esters is 2. The molecule has 12 nitrogen and oxygen atoms in total. The smallest absolute Gasteiger partial charge is 0.306 e. The molecule has 1 saturated heterocycles. The molecule has 55 heavy (non-hydrogen) atoms. The SMILES string of the molecule is CCCC/C=C/CCCCCCCC(=O)OC[C@H](CO[C@H]1O[C@H](CS(=O)(=O)O)[C@@H](O)C(O)C1O)OC(=O)CCCCCCCCCCCCCCCCCC. The molecule has 1 fully saturated rings. The highest BCUT2D eigenvalue weighted by atomic mass is 32.2. The van der Waals surface area contributed by atoms with Crippen molar-refractivity contribution in [3.05, 3.63) is 12.2 Å². The fourth-order valence-electron chi connectivity index (χ4n) is 6.66. The summed E-state index contributed by atoms with van der Waals surface area (Å²) in [5.41, 5.74) is 0. The van der Waals surface area contributed by atoms with Crippen LogP contribution in [-0.2, 0) is 38.7 Å². The highest BCUT2D eigenvalue weighted by Gasteiger charge is 2.46. The first kappa shape index (κ1) is 51.4. The molecular formula is C42H78O12S. The van der Waals surface area contributed by atoms with Gasteiger partial charge in [-0.15, -0.1) is 0 Å². The van der Waals surface area contributed by atoms with Crippen LogP contribution in [-0.4, -0.2) is 96.0 Å². The third kappa shape index (κ3) is 28.4. The number of aliphatic hydroxyl groups is 3. The Morgan fingerprint density at radius 2 is 1.05 bits per heavy atom. The van der Waals surface area contributed by atoms with Gasteiger partial charge in [-0.25, -0.2) is 0 Å². The Labute approximate surface area is 333 Å². The number of carbonyl (C=O) groups is 2. The molecule has 0 bridgehead atoms. The highest BCUT2D eigenvalue weighted by molar-refractivity contribution is 7.85. The average molecular weight is 807 g/mol. The fourth-order valence-corrected chi connectivity index (χ4v) is 7.35. The molecular weight excluding hydrogens is 729 g/mol. The van der Waals surface area contributed by atoms with E-state index in [1.54, 1.807) is 0 Å². The van der Waals surface area contributed by atoms with Gasteiger partial charge in [0.25, 0.3) is 10.1 Å². The summed E-state index contributed by atoms with van der Waals surface area (Å²) < 4.78 is 53.9. The van der Waals surface area contributed by atoms with E-state index >= 15 is 0 Å². The molecule has 13 heteroatoms. The maximum absolute atomic E-state index is 12.8. The van der Waals surface area contributed by atoms with Crippen molar-refractivity contribution < 1.29 is 56.8 Å². The minimum absolute atomic E-state index is 0.168. The van der Waals surface area contributed by atoms with E-state index in [1.807, 2.05) is 0 Å². The third-order valence-electron chi connectivity index (χ3n) is 10.1. The Kier molecular flexibility index (Phi) is 31.2. The summed E-state index contributed by atoms with van der Waals surface area (Å²) >= 11 is 0. The summed E-state index contributed by atoms with van der Waals surface area (Å²) in [6.07, 6.45) is 24.1. The summed E-state index contributed by atoms with van der Waals surface area (Å²) in [6, 6.07) is 0. The first-order valence-electron chi connectivity index (χ1n) is 21.7. The van der Waals surface area contributed by atoms with Gasteiger partial charge in [0.05, 0.1) is 6.61 Å². The van der Waals surface area contributed by atoms with E-state index in [4.69, 9.17) is 18.9 Å². The fraction of sp³-hybridized carbons (Fsp3) is 0.905. The highest BCUT2D eigenvalue weighted by Crippen LogP contribution is 2.24. The number of carbonyl (C=O) groups excluding carboxylic acids is 2. The minimum atomic E-state index is -4.60. The van der Waals surface area contributed by atoms with E-state index in [0.29, 0.717) is 12.8 Å². The Hall–Kier alpha value is -1.61. The average Bonchev–Trinajstić information content (AvgIpc) is 3.14. The van der Waals surface area contributed by atoms with Crippen LogP contribution in [0.1, 0.15) is 187 Å². The van der Waals surface area contributed by atoms with Crippen molar-refractivity contribution in [1.82, 2.24) is 0 Å². The van der Waals surface area contributed by atoms with Crippen molar-refractivity contribution in [2.45, 2.75) is 224 Å². The molecule has 4 N–H and O–H groups in total. The topological polar surface area (TPSA) is 186 Å². The van der Waals surface area contributed by atoms with Gasteiger partial charge in [-0.05, 0) is 32.1 Å². The molecule has 6 atom stereocenters. The Bertz CT molecular complexity index is 1080. The first-order valence-corrected chi connectivity index (χ1v) is 23.4. The largest absolute Gasteiger partial charge is 0.462 e. The predicted octanol–water partition coefficient (Wildman–Crippen LogP) is 8.28. The molecule has 1 aliphatic rings. The lowest BCUT2D eigenvalue weighted by molar-refractivity contribution is -0.297. The summed E-state index contributed by atoms with van der Waals surface area (Å²) in [6.45, 7) is 3.71. The second-order valence-electron chi connectivity index (χ2n) is 15.4. The van der Waals surface area contributed by atoms with Crippen LogP contribution >= 0.6 is 0 Å². The van der Waals surface area contributed by atoms with Gasteiger partial charge in [-0.3, -0.25) is 14.1 Å². The van der Waals surface area contributed by atoms with E-state index in [2.05, 4.69) is 26.0 Å². The molecule has 0 aromatic carbocycles. The van der Waals surface area contributed by atoms with Gasteiger partial charge < -0.3 is 34.3 Å². The quantitative estimate of drug-likeness (QED) is 0.0206. The lowest BCUT2D eigenvalue weighted by Crippen LogP contribution is -2.60. The van der Waals surface area contributed by atoms with Crippen LogP contribution in [0.15, 0.2) is 12.2 Å². The van der Waals surface area contributed by atoms with Crippen molar-refractivity contribution in [3.8, 4) is 0 Å². The van der Waals surface area contributed by atoms with E-state index in [-0.39, 0.29) is 19.4 Å². The second-order valence-corrected chi connectivity index (χ2v) is 16.9. The zero-order valence-electron chi connectivity index (χ0n) is 34.3. The van der Waals surface area contributed by atoms with E-state index in [1.165, 1.54) is 89.9 Å². The zero-order chi connectivity index (χ0) is 40.6. The Morgan fingerprint density at radius 3 is 1.56 bits per heavy atom. The number of unbranched alkanes of at least 4 members (excludes halogenated alkanes) is 22. The summed E-state index contributed by atoms with van der Waals surface area (Å²) in [5, 5.41) is 30.8. The minimum Gasteiger partial charge on any atom is -0.462 e. The maximum Gasteiger partial charge on any atom is 0.306 e. The van der Waals surface area contributed by atoms with Crippen LogP contribution < -0.4 is 0 Å². The molecule has 1 aliphatic heterocycles. The number of hydrogen-bond acceptors (Lipinski definition) is 11. The van der Waals surface area contributed by atoms with E-state index in [0.717, 1.165) is 57.8 Å². The molecule has 0 amide bonds. The van der Waals surface area contributed by atoms with Gasteiger partial charge in [0.15, 0.2) is 12.4 Å². The van der Waals surface area contributed by atoms with Crippen LogP contribution in [0, 0.1) is 0 Å². The summed E-state index contributed by atoms with van der Waals surface area (Å²) in [4.78, 5) is 25.3. The number of aliphatic hydroxyl groups excluding tert-OH is 3. The first-order chi connectivity index (χ1) is 26.5. The van der Waals surface area contributed by atoms with Crippen molar-refractivity contribution in [3.63, 3.8) is 0 Å². The van der Waals surface area contributed by atoms with Crippen LogP contribution in [0.3, 0.4) is 0 Å². The van der Waals surface area contributed by atoms with Crippen molar-refractivity contribution >= 4 is 22.1 Å². The molecule has 1 heterocycles. The van der Waals surface area contributed by atoms with Crippen LogP contribution in [0.5, 0.6) is 0 Å². The van der Waals surface area contributed by atoms with E-state index < -0.39 is 71.2 Å². The van der Waals surface area contributed by atoms with Crippen molar-refractivity contribution in [2.75, 3.05) is 19.0 Å². The molecule has 0 aromatic heterocycles. The standard InChI is InChI=1S/C42H78O12S/c1-3-5-7-9-11-13-15-16-17-18-19-21-23-25-27-29-31-38(44)53-35(32-51-37(43)30-28-26-24-22-20-14-12-10-8-6-4-2)33-52-42-41(47)40(46)39(45)36(54-42)34-55(48,49)50/h10,12,35-36,39-42,45-47H,3-9,11,13-34H2,1-2H3,(H,48,49,50)/b12-10+/t35-,36-,39-,40?,41?,42+/m1/s1. The Balaban J connectivity index is 2.45. The molecule has 1 rings (SSSR count). The maximum atomic E-state index is 12.8. The normalized spacial score (nSPS) is 20.9. The number of rotatable bonds is 36. The van der Waals surface area contributed by atoms with Crippen LogP contribution in [0.2, 0.25) is 0 Å². The van der Waals surface area contributed by atoms with E-state index in [9.17, 15) is 37.9 Å². The molecule has 0 aromatic rings. The summed E-state index contributed by atoms with van der Waals surface area (Å²) in [7, 11) is -4.60. The second kappa shape index (κ2) is 33.4. The lowest BCUT2D eigenvalue weighted by Gasteiger charge is -2.40. The summed E-state index contributed by atoms with van der Waals surface area (Å²) in [5.74, 6) is -1.98. The molecule has 0 spiro atoms. The van der Waals surface area contributed by atoms with Crippen molar-refractivity contribution in [1.29, 1.82) is 0 Å². The van der Waals surface area contributed by atoms with Gasteiger partial charge in [-0.1, -0.05) is 154 Å². The molecule has 0 radical (unpaired) electrons. The lowest BCUT2D eigenvalue weighted by atomic mass is 10.00. The van der Waals surface area contributed by atoms with Gasteiger partial charge >= 0.3 is 11.9 Å². The zero-order valence-corrected chi connectivity index (χ0v) is 35.1. The Morgan fingerprint density at radius 1 is 0.600 bits per heavy atom. The van der Waals surface area contributed by atoms with Crippen LogP contribution in [0.4, 0.5) is 0 Å². The number of ether oxygens (including phenoxy) is 4. The molecule has 324 valence electrons. The van der Waals surface area contributed by atoms with Gasteiger partial charge in [0, 0.05) is 12.8 Å². The van der Waals surface area contributed by atoms with Gasteiger partial charge in [0.2, 0.25) is 0 Å². The van der Waals surface area contributed by atoms with Crippen LogP contribution in [0.25, 0.3) is 0 Å².